The Morgan fingerprint density at radius 3 is 2.53 bits per heavy atom. The quantitative estimate of drug-likeness (QED) is 0.839. The molecule has 0 spiro atoms. The highest BCUT2D eigenvalue weighted by Crippen LogP contribution is 2.24. The smallest absolute Gasteiger partial charge is 0.194 e. The summed E-state index contributed by atoms with van der Waals surface area (Å²) in [6, 6.07) is 3.41. The van der Waals surface area contributed by atoms with E-state index in [0.717, 1.165) is 12.1 Å². The maximum atomic E-state index is 13.3. The highest BCUT2D eigenvalue weighted by Gasteiger charge is 2.19. The first-order valence-corrected chi connectivity index (χ1v) is 4.92. The maximum absolute atomic E-state index is 13.3. The molecule has 0 saturated carbocycles. The van der Waals surface area contributed by atoms with Crippen molar-refractivity contribution in [3.8, 4) is 0 Å². The lowest BCUT2D eigenvalue weighted by Gasteiger charge is -2.11. The fourth-order valence-corrected chi connectivity index (χ4v) is 1.54. The van der Waals surface area contributed by atoms with Gasteiger partial charge in [0.05, 0.1) is 18.6 Å². The van der Waals surface area contributed by atoms with Crippen molar-refractivity contribution in [2.45, 2.75) is 12.5 Å². The van der Waals surface area contributed by atoms with Crippen LogP contribution in [-0.4, -0.2) is 5.11 Å². The Labute approximate surface area is 95.3 Å². The first-order valence-electron chi connectivity index (χ1n) is 4.92. The molecule has 0 amide bonds. The maximum Gasteiger partial charge on any atom is 0.194 e. The fourth-order valence-electron chi connectivity index (χ4n) is 1.54. The molecule has 2 nitrogen and oxygen atoms in total. The van der Waals surface area contributed by atoms with E-state index in [1.807, 2.05) is 0 Å². The van der Waals surface area contributed by atoms with Crippen molar-refractivity contribution in [2.75, 3.05) is 0 Å². The predicted octanol–water partition coefficient (Wildman–Crippen LogP) is 2.97. The summed E-state index contributed by atoms with van der Waals surface area (Å²) in [5.74, 6) is -4.21. The van der Waals surface area contributed by atoms with Gasteiger partial charge in [0.25, 0.3) is 0 Å². The van der Waals surface area contributed by atoms with Gasteiger partial charge in [-0.15, -0.1) is 0 Å². The molecule has 0 bridgehead atoms. The number of rotatable bonds is 3. The van der Waals surface area contributed by atoms with Gasteiger partial charge in [-0.2, -0.15) is 0 Å². The van der Waals surface area contributed by atoms with Gasteiger partial charge >= 0.3 is 0 Å². The number of hydrogen-bond donors (Lipinski definition) is 1. The molecule has 1 atom stereocenters. The van der Waals surface area contributed by atoms with Crippen LogP contribution in [-0.2, 0) is 6.42 Å². The zero-order valence-corrected chi connectivity index (χ0v) is 8.66. The van der Waals surface area contributed by atoms with E-state index in [2.05, 4.69) is 0 Å². The third-order valence-corrected chi connectivity index (χ3v) is 2.43. The Bertz CT molecular complexity index is 509. The lowest BCUT2D eigenvalue weighted by atomic mass is 10.0. The average molecular weight is 242 g/mol. The van der Waals surface area contributed by atoms with E-state index in [1.54, 1.807) is 6.07 Å². The second kappa shape index (κ2) is 4.63. The summed E-state index contributed by atoms with van der Waals surface area (Å²) in [5.41, 5.74) is 0.367. The first kappa shape index (κ1) is 11.7. The minimum absolute atomic E-state index is 0.0679. The standard InChI is InChI=1S/C12H9F3O2/c13-9-2-1-8(11(14)12(9)15)10(16)5-7-3-4-17-6-7/h1-4,6,10,16H,5H2. The SMILES string of the molecule is OC(Cc1ccoc1)c1ccc(F)c(F)c1F. The summed E-state index contributed by atoms with van der Waals surface area (Å²) < 4.78 is 43.8. The topological polar surface area (TPSA) is 33.4 Å². The van der Waals surface area contributed by atoms with Crippen molar-refractivity contribution in [3.63, 3.8) is 0 Å². The van der Waals surface area contributed by atoms with Crippen molar-refractivity contribution in [1.82, 2.24) is 0 Å². The summed E-state index contributed by atoms with van der Waals surface area (Å²) in [6.45, 7) is 0. The van der Waals surface area contributed by atoms with Gasteiger partial charge in [0.2, 0.25) is 0 Å². The minimum atomic E-state index is -1.58. The van der Waals surface area contributed by atoms with E-state index in [1.165, 1.54) is 12.5 Å². The Kier molecular flexibility index (Phi) is 3.19. The number of furan rings is 1. The molecule has 1 N–H and O–H groups in total. The van der Waals surface area contributed by atoms with Crippen LogP contribution in [0.1, 0.15) is 17.2 Å². The Morgan fingerprint density at radius 1 is 1.12 bits per heavy atom. The summed E-state index contributed by atoms with van der Waals surface area (Å²) in [5, 5.41) is 9.72. The van der Waals surface area contributed by atoms with Crippen LogP contribution < -0.4 is 0 Å². The lowest BCUT2D eigenvalue weighted by molar-refractivity contribution is 0.171. The van der Waals surface area contributed by atoms with E-state index in [9.17, 15) is 18.3 Å². The van der Waals surface area contributed by atoms with Crippen LogP contribution in [0.4, 0.5) is 13.2 Å². The molecule has 0 aliphatic rings. The molecule has 90 valence electrons. The van der Waals surface area contributed by atoms with E-state index in [-0.39, 0.29) is 12.0 Å². The molecular formula is C12H9F3O2. The average Bonchev–Trinajstić information content (AvgIpc) is 2.78. The van der Waals surface area contributed by atoms with E-state index in [4.69, 9.17) is 4.42 Å². The molecule has 1 aromatic carbocycles. The molecule has 5 heteroatoms. The zero-order valence-electron chi connectivity index (χ0n) is 8.66. The second-order valence-electron chi connectivity index (χ2n) is 3.62. The normalized spacial score (nSPS) is 12.7. The number of halogens is 3. The summed E-state index contributed by atoms with van der Waals surface area (Å²) in [4.78, 5) is 0. The summed E-state index contributed by atoms with van der Waals surface area (Å²) in [7, 11) is 0. The summed E-state index contributed by atoms with van der Waals surface area (Å²) in [6.07, 6.45) is 1.62. The van der Waals surface area contributed by atoms with Gasteiger partial charge in [-0.05, 0) is 17.7 Å². The highest BCUT2D eigenvalue weighted by atomic mass is 19.2. The van der Waals surface area contributed by atoms with Gasteiger partial charge in [0, 0.05) is 12.0 Å². The zero-order chi connectivity index (χ0) is 12.4. The van der Waals surface area contributed by atoms with Gasteiger partial charge in [0.1, 0.15) is 0 Å². The molecule has 2 rings (SSSR count). The lowest BCUT2D eigenvalue weighted by Crippen LogP contribution is -2.06. The molecule has 0 radical (unpaired) electrons. The van der Waals surface area contributed by atoms with Crippen LogP contribution in [0.25, 0.3) is 0 Å². The highest BCUT2D eigenvalue weighted by molar-refractivity contribution is 5.24. The van der Waals surface area contributed by atoms with Crippen LogP contribution in [0.3, 0.4) is 0 Å². The first-order chi connectivity index (χ1) is 8.09. The van der Waals surface area contributed by atoms with Crippen LogP contribution in [0, 0.1) is 17.5 Å². The van der Waals surface area contributed by atoms with Crippen LogP contribution in [0.5, 0.6) is 0 Å². The molecule has 0 saturated heterocycles. The fraction of sp³-hybridized carbons (Fsp3) is 0.167. The Morgan fingerprint density at radius 2 is 1.88 bits per heavy atom. The number of hydrogen-bond acceptors (Lipinski definition) is 2. The number of benzene rings is 1. The van der Waals surface area contributed by atoms with Crippen molar-refractivity contribution in [2.24, 2.45) is 0 Å². The molecule has 17 heavy (non-hydrogen) atoms. The molecular weight excluding hydrogens is 233 g/mol. The molecule has 2 aromatic rings. The molecule has 0 aliphatic heterocycles. The third kappa shape index (κ3) is 2.34. The molecule has 0 aliphatic carbocycles. The van der Waals surface area contributed by atoms with Gasteiger partial charge in [-0.25, -0.2) is 13.2 Å². The largest absolute Gasteiger partial charge is 0.472 e. The van der Waals surface area contributed by atoms with Crippen LogP contribution >= 0.6 is 0 Å². The molecule has 1 heterocycles. The number of aliphatic hydroxyl groups excluding tert-OH is 1. The van der Waals surface area contributed by atoms with Crippen molar-refractivity contribution in [1.29, 1.82) is 0 Å². The Hall–Kier alpha value is -1.75. The molecule has 1 aromatic heterocycles. The number of aliphatic hydroxyl groups is 1. The second-order valence-corrected chi connectivity index (χ2v) is 3.62. The van der Waals surface area contributed by atoms with Gasteiger partial charge in [0.15, 0.2) is 17.5 Å². The summed E-state index contributed by atoms with van der Waals surface area (Å²) >= 11 is 0. The van der Waals surface area contributed by atoms with Crippen LogP contribution in [0.2, 0.25) is 0 Å². The van der Waals surface area contributed by atoms with Crippen LogP contribution in [0.15, 0.2) is 35.1 Å². The van der Waals surface area contributed by atoms with E-state index in [0.29, 0.717) is 5.56 Å². The minimum Gasteiger partial charge on any atom is -0.472 e. The van der Waals surface area contributed by atoms with Gasteiger partial charge in [-0.1, -0.05) is 6.07 Å². The van der Waals surface area contributed by atoms with Gasteiger partial charge in [-0.3, -0.25) is 0 Å². The van der Waals surface area contributed by atoms with E-state index < -0.39 is 23.6 Å². The third-order valence-electron chi connectivity index (χ3n) is 2.43. The molecule has 0 fully saturated rings. The predicted molar refractivity (Wildman–Crippen MR) is 53.7 cm³/mol. The van der Waals surface area contributed by atoms with Gasteiger partial charge < -0.3 is 9.52 Å². The van der Waals surface area contributed by atoms with E-state index >= 15 is 0 Å². The van der Waals surface area contributed by atoms with Crippen molar-refractivity contribution in [3.05, 3.63) is 59.3 Å². The molecule has 1 unspecified atom stereocenters. The Balaban J connectivity index is 2.25. The van der Waals surface area contributed by atoms with Crippen molar-refractivity contribution < 1.29 is 22.7 Å². The monoisotopic (exact) mass is 242 g/mol. The van der Waals surface area contributed by atoms with Crippen molar-refractivity contribution >= 4 is 0 Å².